The number of aliphatic hydroxyl groups is 1. The number of nitriles is 1. The summed E-state index contributed by atoms with van der Waals surface area (Å²) in [6.07, 6.45) is 3.06. The molecule has 1 heterocycles. The molecular weight excluding hydrogens is 495 g/mol. The van der Waals surface area contributed by atoms with Gasteiger partial charge in [-0.2, -0.15) is 5.26 Å². The summed E-state index contributed by atoms with van der Waals surface area (Å²) in [4.78, 5) is 4.03. The van der Waals surface area contributed by atoms with Gasteiger partial charge in [0.2, 0.25) is 0 Å². The summed E-state index contributed by atoms with van der Waals surface area (Å²) in [7, 11) is 0. The van der Waals surface area contributed by atoms with Gasteiger partial charge >= 0.3 is 0 Å². The zero-order valence-electron chi connectivity index (χ0n) is 20.3. The highest BCUT2D eigenvalue weighted by Gasteiger charge is 2.15. The Labute approximate surface area is 217 Å². The van der Waals surface area contributed by atoms with E-state index < -0.39 is 17.5 Å². The van der Waals surface area contributed by atoms with Gasteiger partial charge in [0.05, 0.1) is 12.2 Å². The van der Waals surface area contributed by atoms with E-state index in [1.807, 2.05) is 6.07 Å². The van der Waals surface area contributed by atoms with Gasteiger partial charge in [-0.3, -0.25) is 4.98 Å². The molecule has 2 N–H and O–H groups in total. The Kier molecular flexibility index (Phi) is 8.93. The molecule has 4 rings (SSSR count). The molecule has 0 unspecified atom stereocenters. The molecule has 0 radical (unpaired) electrons. The number of nitrogens with zero attached hydrogens (tertiary/aromatic N) is 2. The summed E-state index contributed by atoms with van der Waals surface area (Å²) in [6, 6.07) is 16.2. The van der Waals surface area contributed by atoms with Crippen molar-refractivity contribution in [2.45, 2.75) is 19.8 Å². The van der Waals surface area contributed by atoms with Crippen LogP contribution in [0.5, 0.6) is 11.5 Å². The van der Waals surface area contributed by atoms with Crippen LogP contribution in [0.25, 0.3) is 11.1 Å². The van der Waals surface area contributed by atoms with Crippen molar-refractivity contribution in [2.75, 3.05) is 13.2 Å². The van der Waals surface area contributed by atoms with Gasteiger partial charge in [0.1, 0.15) is 48.2 Å². The molecular formula is C29H24F3N3O3. The van der Waals surface area contributed by atoms with E-state index in [1.165, 1.54) is 18.3 Å². The van der Waals surface area contributed by atoms with Crippen LogP contribution < -0.4 is 14.8 Å². The predicted octanol–water partition coefficient (Wildman–Crippen LogP) is 5.28. The standard InChI is InChI=1S/C29H24F3N3O3/c30-23-5-7-27(31)26(11-23)25-3-1-2-22(29(25)32)18-37-24-6-4-21(16-34-8-9-36)28(12-24)38-17-20-10-19(13-33)14-35-15-20/h1-7,10-12,14-15,34,36H,8-9,16-18H2. The Morgan fingerprint density at radius 2 is 1.76 bits per heavy atom. The maximum Gasteiger partial charge on any atom is 0.137 e. The molecule has 0 aliphatic carbocycles. The lowest BCUT2D eigenvalue weighted by atomic mass is 10.0. The zero-order chi connectivity index (χ0) is 26.9. The Bertz CT molecular complexity index is 1460. The minimum absolute atomic E-state index is 0.0197. The number of aliphatic hydroxyl groups excluding tert-OH is 1. The van der Waals surface area contributed by atoms with E-state index in [-0.39, 0.29) is 36.5 Å². The third-order valence-corrected chi connectivity index (χ3v) is 5.65. The smallest absolute Gasteiger partial charge is 0.137 e. The first-order valence-electron chi connectivity index (χ1n) is 11.8. The lowest BCUT2D eigenvalue weighted by Crippen LogP contribution is -2.18. The molecule has 0 aliphatic heterocycles. The van der Waals surface area contributed by atoms with Gasteiger partial charge in [0, 0.05) is 59.4 Å². The Morgan fingerprint density at radius 3 is 2.58 bits per heavy atom. The molecule has 6 nitrogen and oxygen atoms in total. The number of halogens is 3. The third-order valence-electron chi connectivity index (χ3n) is 5.65. The van der Waals surface area contributed by atoms with Crippen molar-refractivity contribution < 1.29 is 27.8 Å². The molecule has 0 fully saturated rings. The number of ether oxygens (including phenoxy) is 2. The number of hydrogen-bond acceptors (Lipinski definition) is 6. The van der Waals surface area contributed by atoms with Crippen LogP contribution in [-0.2, 0) is 19.8 Å². The summed E-state index contributed by atoms with van der Waals surface area (Å²) in [6.45, 7) is 0.783. The van der Waals surface area contributed by atoms with Gasteiger partial charge in [0.15, 0.2) is 0 Å². The lowest BCUT2D eigenvalue weighted by molar-refractivity contribution is 0.281. The average molecular weight is 520 g/mol. The fourth-order valence-electron chi connectivity index (χ4n) is 3.76. The highest BCUT2D eigenvalue weighted by Crippen LogP contribution is 2.30. The molecule has 4 aromatic rings. The van der Waals surface area contributed by atoms with Crippen molar-refractivity contribution in [1.82, 2.24) is 10.3 Å². The van der Waals surface area contributed by atoms with E-state index >= 15 is 4.39 Å². The van der Waals surface area contributed by atoms with E-state index in [0.717, 1.165) is 23.8 Å². The highest BCUT2D eigenvalue weighted by molar-refractivity contribution is 5.65. The van der Waals surface area contributed by atoms with Gasteiger partial charge in [-0.25, -0.2) is 13.2 Å². The van der Waals surface area contributed by atoms with Crippen molar-refractivity contribution in [3.05, 3.63) is 113 Å². The van der Waals surface area contributed by atoms with Crippen LogP contribution in [0.3, 0.4) is 0 Å². The summed E-state index contributed by atoms with van der Waals surface area (Å²) in [5, 5.41) is 21.2. The van der Waals surface area contributed by atoms with E-state index in [0.29, 0.717) is 35.7 Å². The van der Waals surface area contributed by atoms with Crippen LogP contribution in [0.15, 0.2) is 73.1 Å². The topological polar surface area (TPSA) is 87.4 Å². The number of nitrogens with one attached hydrogen (secondary N) is 1. The van der Waals surface area contributed by atoms with Crippen LogP contribution in [0.1, 0.15) is 22.3 Å². The van der Waals surface area contributed by atoms with E-state index in [1.54, 1.807) is 36.5 Å². The quantitative estimate of drug-likeness (QED) is 0.262. The van der Waals surface area contributed by atoms with Crippen LogP contribution in [0.2, 0.25) is 0 Å². The predicted molar refractivity (Wildman–Crippen MR) is 135 cm³/mol. The van der Waals surface area contributed by atoms with Crippen LogP contribution in [0, 0.1) is 28.8 Å². The minimum Gasteiger partial charge on any atom is -0.489 e. The second kappa shape index (κ2) is 12.7. The molecule has 0 atom stereocenters. The molecule has 0 amide bonds. The minimum atomic E-state index is -0.730. The van der Waals surface area contributed by atoms with Crippen LogP contribution >= 0.6 is 0 Å². The second-order valence-electron chi connectivity index (χ2n) is 8.34. The van der Waals surface area contributed by atoms with E-state index in [2.05, 4.69) is 10.3 Å². The molecule has 0 saturated carbocycles. The van der Waals surface area contributed by atoms with Crippen molar-refractivity contribution in [2.24, 2.45) is 0 Å². The summed E-state index contributed by atoms with van der Waals surface area (Å²) in [5.74, 6) is -1.21. The molecule has 0 bridgehead atoms. The van der Waals surface area contributed by atoms with Crippen LogP contribution in [-0.4, -0.2) is 23.2 Å². The van der Waals surface area contributed by atoms with Crippen molar-refractivity contribution in [3.63, 3.8) is 0 Å². The van der Waals surface area contributed by atoms with Crippen molar-refractivity contribution in [1.29, 1.82) is 5.26 Å². The Balaban J connectivity index is 1.53. The van der Waals surface area contributed by atoms with Crippen molar-refractivity contribution >= 4 is 0 Å². The van der Waals surface area contributed by atoms with Gasteiger partial charge in [0.25, 0.3) is 0 Å². The van der Waals surface area contributed by atoms with Crippen molar-refractivity contribution in [3.8, 4) is 28.7 Å². The molecule has 0 saturated heterocycles. The van der Waals surface area contributed by atoms with Gasteiger partial charge in [-0.1, -0.05) is 24.3 Å². The van der Waals surface area contributed by atoms with Crippen LogP contribution in [0.4, 0.5) is 13.2 Å². The molecule has 0 spiro atoms. The maximum absolute atomic E-state index is 15.2. The zero-order valence-corrected chi connectivity index (χ0v) is 20.3. The van der Waals surface area contributed by atoms with E-state index in [9.17, 15) is 8.78 Å². The highest BCUT2D eigenvalue weighted by atomic mass is 19.1. The van der Waals surface area contributed by atoms with E-state index in [4.69, 9.17) is 19.8 Å². The normalized spacial score (nSPS) is 10.7. The first kappa shape index (κ1) is 26.7. The number of rotatable bonds is 11. The molecule has 38 heavy (non-hydrogen) atoms. The average Bonchev–Trinajstić information content (AvgIpc) is 2.93. The summed E-state index contributed by atoms with van der Waals surface area (Å²) >= 11 is 0. The molecule has 9 heteroatoms. The number of pyridine rings is 1. The first-order chi connectivity index (χ1) is 18.5. The molecule has 0 aliphatic rings. The number of benzene rings is 3. The molecule has 194 valence electrons. The largest absolute Gasteiger partial charge is 0.489 e. The van der Waals surface area contributed by atoms with Gasteiger partial charge in [-0.15, -0.1) is 0 Å². The van der Waals surface area contributed by atoms with Gasteiger partial charge in [-0.05, 0) is 30.3 Å². The Morgan fingerprint density at radius 1 is 0.895 bits per heavy atom. The SMILES string of the molecule is N#Cc1cncc(COc2cc(OCc3cccc(-c4cc(F)ccc4F)c3F)ccc2CNCCO)c1. The van der Waals surface area contributed by atoms with Gasteiger partial charge < -0.3 is 19.9 Å². The second-order valence-corrected chi connectivity index (χ2v) is 8.34. The number of hydrogen-bond donors (Lipinski definition) is 2. The maximum atomic E-state index is 15.2. The Hall–Kier alpha value is -4.39. The third kappa shape index (κ3) is 6.68. The number of aromatic nitrogens is 1. The molecule has 3 aromatic carbocycles. The fourth-order valence-corrected chi connectivity index (χ4v) is 3.76. The molecule has 1 aromatic heterocycles. The summed E-state index contributed by atoms with van der Waals surface area (Å²) < 4.78 is 54.9. The fraction of sp³-hybridized carbons (Fsp3) is 0.172. The lowest BCUT2D eigenvalue weighted by Gasteiger charge is -2.15. The monoisotopic (exact) mass is 519 g/mol. The summed E-state index contributed by atoms with van der Waals surface area (Å²) in [5.41, 5.74) is 1.84. The first-order valence-corrected chi connectivity index (χ1v) is 11.8.